The van der Waals surface area contributed by atoms with Crippen LogP contribution in [0.1, 0.15) is 89.3 Å². The van der Waals surface area contributed by atoms with Crippen molar-refractivity contribution in [1.29, 1.82) is 0 Å². The maximum absolute atomic E-state index is 11.4. The highest BCUT2D eigenvalue weighted by molar-refractivity contribution is 7.80. The molecule has 1 aromatic heterocycles. The Morgan fingerprint density at radius 3 is 2.05 bits per heavy atom. The van der Waals surface area contributed by atoms with Gasteiger partial charge in [0.05, 0.1) is 5.37 Å². The molecule has 0 saturated carbocycles. The van der Waals surface area contributed by atoms with Crippen molar-refractivity contribution in [2.24, 2.45) is 0 Å². The Bertz CT molecular complexity index is 426. The van der Waals surface area contributed by atoms with Gasteiger partial charge in [0.1, 0.15) is 0 Å². The molecule has 0 bridgehead atoms. The Morgan fingerprint density at radius 2 is 1.57 bits per heavy atom. The number of rotatable bonds is 12. The highest BCUT2D eigenvalue weighted by Crippen LogP contribution is 2.12. The van der Waals surface area contributed by atoms with Crippen LogP contribution in [0, 0.1) is 0 Å². The molecule has 5 heteroatoms. The van der Waals surface area contributed by atoms with E-state index in [-0.39, 0.29) is 5.37 Å². The summed E-state index contributed by atoms with van der Waals surface area (Å²) in [6.45, 7) is 4.05. The summed E-state index contributed by atoms with van der Waals surface area (Å²) in [6.07, 6.45) is 13.8. The maximum atomic E-state index is 11.4. The van der Waals surface area contributed by atoms with E-state index in [0.29, 0.717) is 5.89 Å². The second-order valence-electron chi connectivity index (χ2n) is 5.77. The minimum atomic E-state index is -0.403. The van der Waals surface area contributed by atoms with Crippen LogP contribution in [-0.2, 0) is 6.42 Å². The number of hydrogen-bond acceptors (Lipinski definition) is 4. The van der Waals surface area contributed by atoms with Crippen LogP contribution in [0.4, 0.5) is 0 Å². The largest absolute Gasteiger partial charge is 0.438 e. The first-order chi connectivity index (χ1) is 10.1. The molecule has 0 fully saturated rings. The Kier molecular flexibility index (Phi) is 9.55. The molecule has 1 unspecified atom stereocenters. The molecule has 0 radical (unpaired) electrons. The lowest BCUT2D eigenvalue weighted by Crippen LogP contribution is -2.16. The zero-order chi connectivity index (χ0) is 15.5. The van der Waals surface area contributed by atoms with Crippen molar-refractivity contribution in [2.75, 3.05) is 0 Å². The number of hydrogen-bond donors (Lipinski definition) is 1. The average molecular weight is 314 g/mol. The van der Waals surface area contributed by atoms with Gasteiger partial charge in [-0.15, -0.1) is 5.10 Å². The summed E-state index contributed by atoms with van der Waals surface area (Å²) in [4.78, 5) is 11.4. The van der Waals surface area contributed by atoms with Crippen molar-refractivity contribution in [3.8, 4) is 0 Å². The van der Waals surface area contributed by atoms with Gasteiger partial charge in [-0.3, -0.25) is 0 Å². The quantitative estimate of drug-likeness (QED) is 0.447. The van der Waals surface area contributed by atoms with E-state index in [1.165, 1.54) is 62.5 Å². The molecule has 1 rings (SSSR count). The predicted molar refractivity (Wildman–Crippen MR) is 90.0 cm³/mol. The van der Waals surface area contributed by atoms with Gasteiger partial charge in [0.25, 0.3) is 0 Å². The molecule has 0 saturated heterocycles. The average Bonchev–Trinajstić information content (AvgIpc) is 2.82. The summed E-state index contributed by atoms with van der Waals surface area (Å²) < 4.78 is 6.39. The standard InChI is InChI=1S/C16H30N2O2S/c1-3-4-5-6-7-8-9-10-11-12-13-15-17-18(14(2)21)16(19)20-15/h14,21H,3-13H2,1-2H3. The summed E-state index contributed by atoms with van der Waals surface area (Å²) in [6, 6.07) is 0. The fraction of sp³-hybridized carbons (Fsp3) is 0.875. The fourth-order valence-corrected chi connectivity index (χ4v) is 2.58. The topological polar surface area (TPSA) is 48.0 Å². The summed E-state index contributed by atoms with van der Waals surface area (Å²) in [5, 5.41) is 3.91. The predicted octanol–water partition coefficient (Wildman–Crippen LogP) is 4.75. The number of unbranched alkanes of at least 4 members (excludes halogenated alkanes) is 9. The van der Waals surface area contributed by atoms with Gasteiger partial charge in [-0.05, 0) is 13.3 Å². The number of thiol groups is 1. The Hall–Kier alpha value is -0.710. The van der Waals surface area contributed by atoms with E-state index in [1.807, 2.05) is 0 Å². The smallest absolute Gasteiger partial charge is 0.392 e. The molecule has 1 aromatic rings. The van der Waals surface area contributed by atoms with E-state index in [0.717, 1.165) is 12.8 Å². The first-order valence-electron chi connectivity index (χ1n) is 8.41. The highest BCUT2D eigenvalue weighted by atomic mass is 32.1. The van der Waals surface area contributed by atoms with Crippen molar-refractivity contribution in [3.05, 3.63) is 16.4 Å². The Morgan fingerprint density at radius 1 is 1.05 bits per heavy atom. The maximum Gasteiger partial charge on any atom is 0.438 e. The van der Waals surface area contributed by atoms with Gasteiger partial charge in [0, 0.05) is 6.42 Å². The van der Waals surface area contributed by atoms with Crippen molar-refractivity contribution >= 4 is 12.6 Å². The van der Waals surface area contributed by atoms with Crippen LogP contribution >= 0.6 is 12.6 Å². The lowest BCUT2D eigenvalue weighted by Gasteiger charge is -2.01. The molecule has 122 valence electrons. The zero-order valence-corrected chi connectivity index (χ0v) is 14.4. The highest BCUT2D eigenvalue weighted by Gasteiger charge is 2.10. The van der Waals surface area contributed by atoms with Crippen LogP contribution in [0.5, 0.6) is 0 Å². The van der Waals surface area contributed by atoms with Crippen LogP contribution in [0.15, 0.2) is 9.21 Å². The molecule has 1 atom stereocenters. The molecule has 0 aliphatic carbocycles. The first-order valence-corrected chi connectivity index (χ1v) is 8.93. The zero-order valence-electron chi connectivity index (χ0n) is 13.5. The third-order valence-electron chi connectivity index (χ3n) is 3.71. The molecule has 0 aromatic carbocycles. The van der Waals surface area contributed by atoms with Crippen molar-refractivity contribution in [3.63, 3.8) is 0 Å². The van der Waals surface area contributed by atoms with E-state index >= 15 is 0 Å². The van der Waals surface area contributed by atoms with Crippen LogP contribution in [0.3, 0.4) is 0 Å². The summed E-state index contributed by atoms with van der Waals surface area (Å²) in [5.74, 6) is 0.139. The molecule has 0 N–H and O–H groups in total. The van der Waals surface area contributed by atoms with Gasteiger partial charge in [-0.1, -0.05) is 64.7 Å². The number of nitrogens with zero attached hydrogens (tertiary/aromatic N) is 2. The van der Waals surface area contributed by atoms with Crippen molar-refractivity contribution < 1.29 is 4.42 Å². The van der Waals surface area contributed by atoms with E-state index in [4.69, 9.17) is 4.42 Å². The van der Waals surface area contributed by atoms with E-state index in [1.54, 1.807) is 6.92 Å². The Labute approximate surface area is 133 Å². The van der Waals surface area contributed by atoms with Crippen molar-refractivity contribution in [2.45, 2.75) is 89.9 Å². The van der Waals surface area contributed by atoms with Gasteiger partial charge in [-0.2, -0.15) is 17.3 Å². The van der Waals surface area contributed by atoms with Crippen LogP contribution in [0.25, 0.3) is 0 Å². The van der Waals surface area contributed by atoms with Crippen LogP contribution in [-0.4, -0.2) is 9.78 Å². The van der Waals surface area contributed by atoms with Crippen LogP contribution < -0.4 is 5.76 Å². The Balaban J connectivity index is 2.02. The first kappa shape index (κ1) is 18.3. The van der Waals surface area contributed by atoms with Crippen molar-refractivity contribution in [1.82, 2.24) is 9.78 Å². The third kappa shape index (κ3) is 7.74. The monoisotopic (exact) mass is 314 g/mol. The van der Waals surface area contributed by atoms with Gasteiger partial charge in [0.2, 0.25) is 5.89 Å². The minimum Gasteiger partial charge on any atom is -0.392 e. The number of aryl methyl sites for hydroxylation is 1. The SMILES string of the molecule is CCCCCCCCCCCCc1nn(C(C)S)c(=O)o1. The lowest BCUT2D eigenvalue weighted by atomic mass is 10.1. The second-order valence-corrected chi connectivity index (χ2v) is 6.52. The fourth-order valence-electron chi connectivity index (χ4n) is 2.43. The summed E-state index contributed by atoms with van der Waals surface area (Å²) in [7, 11) is 0. The molecule has 0 amide bonds. The van der Waals surface area contributed by atoms with Gasteiger partial charge in [-0.25, -0.2) is 4.79 Å². The lowest BCUT2D eigenvalue weighted by molar-refractivity contribution is 0.439. The van der Waals surface area contributed by atoms with Gasteiger partial charge >= 0.3 is 5.76 Å². The summed E-state index contributed by atoms with van der Waals surface area (Å²) >= 11 is 4.19. The molecular formula is C16H30N2O2S. The molecule has 0 spiro atoms. The third-order valence-corrected chi connectivity index (χ3v) is 3.93. The molecule has 0 aliphatic rings. The van der Waals surface area contributed by atoms with Crippen LogP contribution in [0.2, 0.25) is 0 Å². The molecule has 21 heavy (non-hydrogen) atoms. The molecule has 1 heterocycles. The number of aromatic nitrogens is 2. The molecule has 4 nitrogen and oxygen atoms in total. The van der Waals surface area contributed by atoms with Gasteiger partial charge < -0.3 is 4.42 Å². The van der Waals surface area contributed by atoms with E-state index in [2.05, 4.69) is 24.7 Å². The minimum absolute atomic E-state index is 0.234. The normalized spacial score (nSPS) is 12.7. The molecular weight excluding hydrogens is 284 g/mol. The second kappa shape index (κ2) is 10.9. The van der Waals surface area contributed by atoms with Gasteiger partial charge in [0.15, 0.2) is 0 Å². The summed E-state index contributed by atoms with van der Waals surface area (Å²) in [5.41, 5.74) is 0. The van der Waals surface area contributed by atoms with E-state index in [9.17, 15) is 4.79 Å². The molecule has 0 aliphatic heterocycles. The van der Waals surface area contributed by atoms with E-state index < -0.39 is 5.76 Å².